The van der Waals surface area contributed by atoms with Gasteiger partial charge in [-0.2, -0.15) is 0 Å². The second-order valence-corrected chi connectivity index (χ2v) is 7.13. The molecular formula is C19H23N3OS. The van der Waals surface area contributed by atoms with Crippen molar-refractivity contribution >= 4 is 27.7 Å². The molecule has 5 heteroatoms. The fraction of sp³-hybridized carbons (Fsp3) is 0.316. The monoisotopic (exact) mass is 341 g/mol. The van der Waals surface area contributed by atoms with E-state index in [2.05, 4.69) is 28.5 Å². The SMILES string of the molecule is CCC(CC)c1nc2ccc(NS(=O)Cc3ccccc3)cc2[nH]1. The Kier molecular flexibility index (Phi) is 5.30. The summed E-state index contributed by atoms with van der Waals surface area (Å²) in [6.45, 7) is 4.36. The van der Waals surface area contributed by atoms with Gasteiger partial charge < -0.3 is 9.71 Å². The fourth-order valence-electron chi connectivity index (χ4n) is 2.85. The molecule has 3 aromatic rings. The third-order valence-electron chi connectivity index (χ3n) is 4.24. The lowest BCUT2D eigenvalue weighted by Crippen LogP contribution is -2.06. The topological polar surface area (TPSA) is 57.8 Å². The van der Waals surface area contributed by atoms with E-state index in [0.717, 1.165) is 41.0 Å². The lowest BCUT2D eigenvalue weighted by Gasteiger charge is -2.07. The van der Waals surface area contributed by atoms with Crippen molar-refractivity contribution in [2.24, 2.45) is 0 Å². The molecule has 0 bridgehead atoms. The maximum Gasteiger partial charge on any atom is 0.121 e. The van der Waals surface area contributed by atoms with Gasteiger partial charge in [-0.25, -0.2) is 9.19 Å². The number of hydrogen-bond donors (Lipinski definition) is 2. The normalized spacial score (nSPS) is 12.6. The highest BCUT2D eigenvalue weighted by Crippen LogP contribution is 2.25. The van der Waals surface area contributed by atoms with Crippen molar-refractivity contribution in [1.82, 2.24) is 9.97 Å². The van der Waals surface area contributed by atoms with Crippen LogP contribution in [-0.2, 0) is 16.7 Å². The zero-order valence-corrected chi connectivity index (χ0v) is 14.9. The Morgan fingerprint density at radius 1 is 1.12 bits per heavy atom. The molecule has 2 N–H and O–H groups in total. The number of imidazole rings is 1. The van der Waals surface area contributed by atoms with Gasteiger partial charge in [0.15, 0.2) is 0 Å². The van der Waals surface area contributed by atoms with Crippen LogP contribution >= 0.6 is 0 Å². The number of aromatic amines is 1. The van der Waals surface area contributed by atoms with Crippen LogP contribution in [0.2, 0.25) is 0 Å². The molecule has 0 fully saturated rings. The molecule has 4 nitrogen and oxygen atoms in total. The molecule has 1 unspecified atom stereocenters. The van der Waals surface area contributed by atoms with Gasteiger partial charge in [-0.3, -0.25) is 0 Å². The number of H-pyrrole nitrogens is 1. The Bertz CT molecular complexity index is 825. The van der Waals surface area contributed by atoms with Crippen molar-refractivity contribution in [3.05, 3.63) is 59.9 Å². The summed E-state index contributed by atoms with van der Waals surface area (Å²) < 4.78 is 15.4. The van der Waals surface area contributed by atoms with Crippen LogP contribution in [0.25, 0.3) is 11.0 Å². The van der Waals surface area contributed by atoms with E-state index < -0.39 is 11.0 Å². The highest BCUT2D eigenvalue weighted by atomic mass is 32.2. The predicted molar refractivity (Wildman–Crippen MR) is 101 cm³/mol. The molecule has 0 aliphatic heterocycles. The van der Waals surface area contributed by atoms with E-state index in [1.807, 2.05) is 48.5 Å². The molecule has 1 atom stereocenters. The summed E-state index contributed by atoms with van der Waals surface area (Å²) in [7, 11) is -1.15. The smallest absolute Gasteiger partial charge is 0.121 e. The summed E-state index contributed by atoms with van der Waals surface area (Å²) in [6.07, 6.45) is 2.14. The number of hydrogen-bond acceptors (Lipinski definition) is 2. The lowest BCUT2D eigenvalue weighted by atomic mass is 10.0. The zero-order valence-electron chi connectivity index (χ0n) is 14.1. The van der Waals surface area contributed by atoms with Crippen LogP contribution in [0.4, 0.5) is 5.69 Å². The molecule has 0 saturated carbocycles. The van der Waals surface area contributed by atoms with Gasteiger partial charge in [0.1, 0.15) is 16.8 Å². The molecule has 0 aliphatic rings. The summed E-state index contributed by atoms with van der Waals surface area (Å²) >= 11 is 0. The number of nitrogens with zero attached hydrogens (tertiary/aromatic N) is 1. The van der Waals surface area contributed by atoms with Crippen LogP contribution < -0.4 is 4.72 Å². The van der Waals surface area contributed by atoms with Gasteiger partial charge in [0, 0.05) is 11.6 Å². The first-order valence-corrected chi connectivity index (χ1v) is 9.70. The molecule has 0 spiro atoms. The summed E-state index contributed by atoms with van der Waals surface area (Å²) in [6, 6.07) is 15.7. The van der Waals surface area contributed by atoms with Crippen LogP contribution in [0.15, 0.2) is 48.5 Å². The Morgan fingerprint density at radius 2 is 1.88 bits per heavy atom. The van der Waals surface area contributed by atoms with Crippen molar-refractivity contribution < 1.29 is 4.21 Å². The Morgan fingerprint density at radius 3 is 2.58 bits per heavy atom. The first kappa shape index (κ1) is 16.7. The van der Waals surface area contributed by atoms with E-state index in [1.54, 1.807) is 0 Å². The van der Waals surface area contributed by atoms with Gasteiger partial charge in [0.25, 0.3) is 0 Å². The van der Waals surface area contributed by atoms with E-state index in [0.29, 0.717) is 11.7 Å². The second kappa shape index (κ2) is 7.62. The zero-order chi connectivity index (χ0) is 16.9. The largest absolute Gasteiger partial charge is 0.342 e. The summed E-state index contributed by atoms with van der Waals surface area (Å²) in [5.41, 5.74) is 3.84. The Balaban J connectivity index is 1.74. The van der Waals surface area contributed by atoms with Crippen molar-refractivity contribution in [3.63, 3.8) is 0 Å². The molecule has 0 amide bonds. The van der Waals surface area contributed by atoms with Crippen molar-refractivity contribution in [3.8, 4) is 0 Å². The van der Waals surface area contributed by atoms with Gasteiger partial charge in [-0.1, -0.05) is 44.2 Å². The van der Waals surface area contributed by atoms with Gasteiger partial charge in [0.2, 0.25) is 0 Å². The minimum absolute atomic E-state index is 0.459. The van der Waals surface area contributed by atoms with E-state index >= 15 is 0 Å². The molecule has 0 aliphatic carbocycles. The summed E-state index contributed by atoms with van der Waals surface area (Å²) in [5.74, 6) is 1.99. The standard InChI is InChI=1S/C19H23N3OS/c1-3-15(4-2)19-20-17-11-10-16(12-18(17)21-19)22-24(23)13-14-8-6-5-7-9-14/h5-12,15,22H,3-4,13H2,1-2H3,(H,20,21). The maximum atomic E-state index is 12.3. The highest BCUT2D eigenvalue weighted by molar-refractivity contribution is 7.85. The quantitative estimate of drug-likeness (QED) is 0.652. The molecule has 0 radical (unpaired) electrons. The van der Waals surface area contributed by atoms with E-state index in [1.165, 1.54) is 0 Å². The van der Waals surface area contributed by atoms with Crippen LogP contribution in [0, 0.1) is 0 Å². The fourth-order valence-corrected chi connectivity index (χ4v) is 3.81. The van der Waals surface area contributed by atoms with E-state index in [-0.39, 0.29) is 0 Å². The number of anilines is 1. The summed E-state index contributed by atoms with van der Waals surface area (Å²) in [5, 5.41) is 0. The van der Waals surface area contributed by atoms with Crippen LogP contribution in [-0.4, -0.2) is 14.2 Å². The number of benzene rings is 2. The molecular weight excluding hydrogens is 318 g/mol. The van der Waals surface area contributed by atoms with Gasteiger partial charge in [-0.15, -0.1) is 0 Å². The molecule has 1 heterocycles. The van der Waals surface area contributed by atoms with Crippen LogP contribution in [0.1, 0.15) is 44.0 Å². The number of aromatic nitrogens is 2. The third-order valence-corrected chi connectivity index (χ3v) is 5.30. The van der Waals surface area contributed by atoms with Gasteiger partial charge >= 0.3 is 0 Å². The average Bonchev–Trinajstić information content (AvgIpc) is 2.99. The predicted octanol–water partition coefficient (Wildman–Crippen LogP) is 4.74. The number of fused-ring (bicyclic) bond motifs is 1. The van der Waals surface area contributed by atoms with Crippen molar-refractivity contribution in [2.45, 2.75) is 38.4 Å². The van der Waals surface area contributed by atoms with Gasteiger partial charge in [0.05, 0.1) is 16.8 Å². The Labute approximate surface area is 145 Å². The second-order valence-electron chi connectivity index (χ2n) is 5.94. The molecule has 1 aromatic heterocycles. The molecule has 0 saturated heterocycles. The summed E-state index contributed by atoms with van der Waals surface area (Å²) in [4.78, 5) is 8.09. The maximum absolute atomic E-state index is 12.3. The molecule has 2 aromatic carbocycles. The highest BCUT2D eigenvalue weighted by Gasteiger charge is 2.12. The van der Waals surface area contributed by atoms with Crippen LogP contribution in [0.5, 0.6) is 0 Å². The lowest BCUT2D eigenvalue weighted by molar-refractivity contribution is 0.611. The first-order valence-electron chi connectivity index (χ1n) is 8.38. The first-order chi connectivity index (χ1) is 11.7. The average molecular weight is 341 g/mol. The molecule has 126 valence electrons. The Hall–Kier alpha value is -2.14. The van der Waals surface area contributed by atoms with Crippen molar-refractivity contribution in [2.75, 3.05) is 4.72 Å². The number of nitrogens with one attached hydrogen (secondary N) is 2. The minimum atomic E-state index is -1.15. The van der Waals surface area contributed by atoms with E-state index in [9.17, 15) is 4.21 Å². The van der Waals surface area contributed by atoms with Crippen molar-refractivity contribution in [1.29, 1.82) is 0 Å². The van der Waals surface area contributed by atoms with E-state index in [4.69, 9.17) is 0 Å². The number of rotatable bonds is 7. The van der Waals surface area contributed by atoms with Crippen LogP contribution in [0.3, 0.4) is 0 Å². The molecule has 3 rings (SSSR count). The minimum Gasteiger partial charge on any atom is -0.342 e. The van der Waals surface area contributed by atoms with Gasteiger partial charge in [-0.05, 0) is 36.6 Å². The third kappa shape index (κ3) is 3.85. The molecule has 24 heavy (non-hydrogen) atoms.